The SMILES string of the molecule is CCN(C(=O)c1c(F)cccc1Br)C1CCC(N)CC1. The predicted octanol–water partition coefficient (Wildman–Crippen LogP) is 3.32. The van der Waals surface area contributed by atoms with Crippen LogP contribution in [0.4, 0.5) is 4.39 Å². The number of rotatable bonds is 3. The van der Waals surface area contributed by atoms with Crippen molar-refractivity contribution in [1.82, 2.24) is 4.90 Å². The first-order chi connectivity index (χ1) is 9.54. The third-order valence-corrected chi connectivity index (χ3v) is 4.62. The van der Waals surface area contributed by atoms with E-state index in [4.69, 9.17) is 5.73 Å². The molecule has 1 fully saturated rings. The molecule has 1 aromatic rings. The molecular weight excluding hydrogens is 323 g/mol. The second-order valence-corrected chi connectivity index (χ2v) is 6.11. The lowest BCUT2D eigenvalue weighted by Crippen LogP contribution is -2.44. The van der Waals surface area contributed by atoms with Crippen molar-refractivity contribution in [3.8, 4) is 0 Å². The van der Waals surface area contributed by atoms with Crippen molar-refractivity contribution in [1.29, 1.82) is 0 Å². The van der Waals surface area contributed by atoms with Crippen LogP contribution in [0.3, 0.4) is 0 Å². The molecule has 0 atom stereocenters. The molecule has 0 saturated heterocycles. The third-order valence-electron chi connectivity index (χ3n) is 3.96. The quantitative estimate of drug-likeness (QED) is 0.915. The first-order valence-corrected chi connectivity index (χ1v) is 7.84. The Hall–Kier alpha value is -0.940. The number of benzene rings is 1. The Morgan fingerprint density at radius 3 is 2.60 bits per heavy atom. The van der Waals surface area contributed by atoms with Crippen molar-refractivity contribution in [2.24, 2.45) is 5.73 Å². The van der Waals surface area contributed by atoms with Gasteiger partial charge in [0.05, 0.1) is 5.56 Å². The Balaban J connectivity index is 2.21. The molecule has 20 heavy (non-hydrogen) atoms. The molecule has 1 aliphatic carbocycles. The van der Waals surface area contributed by atoms with E-state index in [1.54, 1.807) is 17.0 Å². The number of nitrogens with zero attached hydrogens (tertiary/aromatic N) is 1. The molecule has 0 spiro atoms. The fraction of sp³-hybridized carbons (Fsp3) is 0.533. The largest absolute Gasteiger partial charge is 0.336 e. The van der Waals surface area contributed by atoms with Crippen molar-refractivity contribution in [3.05, 3.63) is 34.1 Å². The van der Waals surface area contributed by atoms with Gasteiger partial charge in [0.15, 0.2) is 0 Å². The normalized spacial score (nSPS) is 22.6. The van der Waals surface area contributed by atoms with Crippen LogP contribution in [0.15, 0.2) is 22.7 Å². The van der Waals surface area contributed by atoms with Gasteiger partial charge in [0.2, 0.25) is 0 Å². The van der Waals surface area contributed by atoms with E-state index in [0.717, 1.165) is 25.7 Å². The molecule has 2 N–H and O–H groups in total. The second-order valence-electron chi connectivity index (χ2n) is 5.26. The maximum absolute atomic E-state index is 13.9. The maximum atomic E-state index is 13.9. The lowest BCUT2D eigenvalue weighted by molar-refractivity contribution is 0.0635. The average molecular weight is 343 g/mol. The Morgan fingerprint density at radius 1 is 1.40 bits per heavy atom. The van der Waals surface area contributed by atoms with Crippen molar-refractivity contribution >= 4 is 21.8 Å². The van der Waals surface area contributed by atoms with Crippen molar-refractivity contribution in [2.75, 3.05) is 6.54 Å². The summed E-state index contributed by atoms with van der Waals surface area (Å²) >= 11 is 3.27. The van der Waals surface area contributed by atoms with Crippen LogP contribution in [0.5, 0.6) is 0 Å². The number of halogens is 2. The van der Waals surface area contributed by atoms with E-state index in [9.17, 15) is 9.18 Å². The Morgan fingerprint density at radius 2 is 2.05 bits per heavy atom. The van der Waals surface area contributed by atoms with Crippen LogP contribution in [0, 0.1) is 5.82 Å². The molecular formula is C15H20BrFN2O. The standard InChI is InChI=1S/C15H20BrFN2O/c1-2-19(11-8-6-10(18)7-9-11)15(20)14-12(16)4-3-5-13(14)17/h3-5,10-11H,2,6-9,18H2,1H3. The number of carbonyl (C=O) groups is 1. The van der Waals surface area contributed by atoms with Crippen molar-refractivity contribution in [2.45, 2.75) is 44.7 Å². The van der Waals surface area contributed by atoms with Crippen LogP contribution in [0.1, 0.15) is 43.0 Å². The van der Waals surface area contributed by atoms with Crippen LogP contribution in [-0.2, 0) is 0 Å². The summed E-state index contributed by atoms with van der Waals surface area (Å²) in [4.78, 5) is 14.4. The number of hydrogen-bond acceptors (Lipinski definition) is 2. The van der Waals surface area contributed by atoms with Crippen molar-refractivity contribution < 1.29 is 9.18 Å². The van der Waals surface area contributed by atoms with Gasteiger partial charge in [-0.2, -0.15) is 0 Å². The predicted molar refractivity (Wildman–Crippen MR) is 81.0 cm³/mol. The van der Waals surface area contributed by atoms with Crippen LogP contribution in [-0.4, -0.2) is 29.4 Å². The summed E-state index contributed by atoms with van der Waals surface area (Å²) in [5.74, 6) is -0.715. The summed E-state index contributed by atoms with van der Waals surface area (Å²) in [6.45, 7) is 2.51. The van der Waals surface area contributed by atoms with E-state index >= 15 is 0 Å². The molecule has 0 unspecified atom stereocenters. The van der Waals surface area contributed by atoms with Gasteiger partial charge in [-0.05, 0) is 60.7 Å². The second kappa shape index (κ2) is 6.68. The van der Waals surface area contributed by atoms with E-state index < -0.39 is 5.82 Å². The molecule has 0 heterocycles. The lowest BCUT2D eigenvalue weighted by atomic mass is 9.90. The monoisotopic (exact) mass is 342 g/mol. The van der Waals surface area contributed by atoms with E-state index in [0.29, 0.717) is 11.0 Å². The van der Waals surface area contributed by atoms with Gasteiger partial charge in [-0.15, -0.1) is 0 Å². The summed E-state index contributed by atoms with van der Waals surface area (Å²) in [5.41, 5.74) is 6.03. The lowest BCUT2D eigenvalue weighted by Gasteiger charge is -2.35. The summed E-state index contributed by atoms with van der Waals surface area (Å²) in [6.07, 6.45) is 3.64. The summed E-state index contributed by atoms with van der Waals surface area (Å²) in [6, 6.07) is 5.01. The molecule has 0 aromatic heterocycles. The minimum Gasteiger partial charge on any atom is -0.336 e. The Bertz CT molecular complexity index is 467. The van der Waals surface area contributed by atoms with Crippen LogP contribution < -0.4 is 5.73 Å². The van der Waals surface area contributed by atoms with Gasteiger partial charge >= 0.3 is 0 Å². The summed E-state index contributed by atoms with van der Waals surface area (Å²) in [5, 5.41) is 0. The highest BCUT2D eigenvalue weighted by molar-refractivity contribution is 9.10. The minimum absolute atomic E-state index is 0.129. The number of hydrogen-bond donors (Lipinski definition) is 1. The average Bonchev–Trinajstić information content (AvgIpc) is 2.41. The smallest absolute Gasteiger partial charge is 0.258 e. The Kier molecular flexibility index (Phi) is 5.16. The number of carbonyl (C=O) groups excluding carboxylic acids is 1. The van der Waals surface area contributed by atoms with E-state index in [2.05, 4.69) is 15.9 Å². The molecule has 1 aromatic carbocycles. The zero-order valence-electron chi connectivity index (χ0n) is 11.6. The summed E-state index contributed by atoms with van der Waals surface area (Å²) < 4.78 is 14.4. The summed E-state index contributed by atoms with van der Waals surface area (Å²) in [7, 11) is 0. The van der Waals surface area contributed by atoms with Gasteiger partial charge in [0.1, 0.15) is 5.82 Å². The van der Waals surface area contributed by atoms with Gasteiger partial charge in [0.25, 0.3) is 5.91 Å². The van der Waals surface area contributed by atoms with Gasteiger partial charge in [-0.25, -0.2) is 4.39 Å². The molecule has 5 heteroatoms. The fourth-order valence-corrected chi connectivity index (χ4v) is 3.34. The number of nitrogens with two attached hydrogens (primary N) is 1. The zero-order valence-corrected chi connectivity index (χ0v) is 13.2. The van der Waals surface area contributed by atoms with Crippen LogP contribution in [0.25, 0.3) is 0 Å². The Labute approximate surface area is 127 Å². The van der Waals surface area contributed by atoms with E-state index in [-0.39, 0.29) is 23.6 Å². The van der Waals surface area contributed by atoms with E-state index in [1.807, 2.05) is 6.92 Å². The minimum atomic E-state index is -0.477. The molecule has 1 aliphatic rings. The van der Waals surface area contributed by atoms with Gasteiger partial charge < -0.3 is 10.6 Å². The molecule has 110 valence electrons. The van der Waals surface area contributed by atoms with E-state index in [1.165, 1.54) is 6.07 Å². The molecule has 0 aliphatic heterocycles. The highest BCUT2D eigenvalue weighted by Gasteiger charge is 2.29. The molecule has 2 rings (SSSR count). The van der Waals surface area contributed by atoms with Gasteiger partial charge in [0, 0.05) is 23.1 Å². The first kappa shape index (κ1) is 15.4. The molecule has 1 saturated carbocycles. The highest BCUT2D eigenvalue weighted by Crippen LogP contribution is 2.27. The first-order valence-electron chi connectivity index (χ1n) is 7.05. The molecule has 3 nitrogen and oxygen atoms in total. The topological polar surface area (TPSA) is 46.3 Å². The maximum Gasteiger partial charge on any atom is 0.258 e. The van der Waals surface area contributed by atoms with Crippen LogP contribution >= 0.6 is 15.9 Å². The zero-order chi connectivity index (χ0) is 14.7. The fourth-order valence-electron chi connectivity index (χ4n) is 2.83. The van der Waals surface area contributed by atoms with Crippen LogP contribution in [0.2, 0.25) is 0 Å². The third kappa shape index (κ3) is 3.20. The van der Waals surface area contributed by atoms with Gasteiger partial charge in [-0.3, -0.25) is 4.79 Å². The highest BCUT2D eigenvalue weighted by atomic mass is 79.9. The number of amides is 1. The van der Waals surface area contributed by atoms with Crippen molar-refractivity contribution in [3.63, 3.8) is 0 Å². The molecule has 0 bridgehead atoms. The molecule has 1 amide bonds. The van der Waals surface area contributed by atoms with Gasteiger partial charge in [-0.1, -0.05) is 6.07 Å². The molecule has 0 radical (unpaired) electrons.